The molecule has 3 nitrogen and oxygen atoms in total. The van der Waals surface area contributed by atoms with Crippen LogP contribution in [0.3, 0.4) is 0 Å². The highest BCUT2D eigenvalue weighted by Gasteiger charge is 2.33. The zero-order chi connectivity index (χ0) is 11.0. The summed E-state index contributed by atoms with van der Waals surface area (Å²) in [4.78, 5) is 2.69. The molecule has 2 heterocycles. The molecule has 92 valence electrons. The van der Waals surface area contributed by atoms with Crippen molar-refractivity contribution in [3.8, 4) is 0 Å². The average molecular weight is 224 g/mol. The Labute approximate surface area is 98.5 Å². The first-order valence-corrected chi connectivity index (χ1v) is 6.94. The van der Waals surface area contributed by atoms with Gasteiger partial charge < -0.3 is 15.0 Å². The standard InChI is InChI=1S/C13H24N2O/c1-10-13(6-9-16-10)14-11-4-7-15(8-5-11)12-2-3-12/h10-14H,2-9H2,1H3. The van der Waals surface area contributed by atoms with Gasteiger partial charge in [0.1, 0.15) is 0 Å². The van der Waals surface area contributed by atoms with Crippen molar-refractivity contribution >= 4 is 0 Å². The van der Waals surface area contributed by atoms with Crippen molar-refractivity contribution in [3.05, 3.63) is 0 Å². The highest BCUT2D eigenvalue weighted by molar-refractivity contribution is 4.90. The Morgan fingerprint density at radius 2 is 1.81 bits per heavy atom. The van der Waals surface area contributed by atoms with E-state index in [1.165, 1.54) is 45.2 Å². The van der Waals surface area contributed by atoms with Crippen molar-refractivity contribution in [1.82, 2.24) is 10.2 Å². The fraction of sp³-hybridized carbons (Fsp3) is 1.00. The molecule has 1 N–H and O–H groups in total. The van der Waals surface area contributed by atoms with Crippen LogP contribution in [0.1, 0.15) is 39.0 Å². The highest BCUT2D eigenvalue weighted by atomic mass is 16.5. The number of nitrogens with one attached hydrogen (secondary N) is 1. The van der Waals surface area contributed by atoms with Gasteiger partial charge in [-0.3, -0.25) is 0 Å². The van der Waals surface area contributed by atoms with E-state index < -0.39 is 0 Å². The Morgan fingerprint density at radius 3 is 2.38 bits per heavy atom. The molecule has 0 bridgehead atoms. The molecule has 2 unspecified atom stereocenters. The second kappa shape index (κ2) is 4.63. The third-order valence-electron chi connectivity index (χ3n) is 4.42. The van der Waals surface area contributed by atoms with Gasteiger partial charge in [-0.2, -0.15) is 0 Å². The Bertz CT molecular complexity index is 234. The molecule has 3 fully saturated rings. The summed E-state index contributed by atoms with van der Waals surface area (Å²) in [6, 6.07) is 2.30. The summed E-state index contributed by atoms with van der Waals surface area (Å²) in [5.41, 5.74) is 0. The van der Waals surface area contributed by atoms with Gasteiger partial charge >= 0.3 is 0 Å². The van der Waals surface area contributed by atoms with Crippen LogP contribution in [0, 0.1) is 0 Å². The molecular formula is C13H24N2O. The van der Waals surface area contributed by atoms with Crippen LogP contribution in [-0.2, 0) is 4.74 Å². The fourth-order valence-electron chi connectivity index (χ4n) is 3.12. The van der Waals surface area contributed by atoms with Gasteiger partial charge in [0.25, 0.3) is 0 Å². The van der Waals surface area contributed by atoms with Crippen LogP contribution in [0.25, 0.3) is 0 Å². The smallest absolute Gasteiger partial charge is 0.0700 e. The van der Waals surface area contributed by atoms with E-state index in [0.29, 0.717) is 12.1 Å². The maximum Gasteiger partial charge on any atom is 0.0700 e. The highest BCUT2D eigenvalue weighted by Crippen LogP contribution is 2.29. The lowest BCUT2D eigenvalue weighted by Crippen LogP contribution is -2.48. The Morgan fingerprint density at radius 1 is 1.06 bits per heavy atom. The number of piperidine rings is 1. The molecule has 2 aliphatic heterocycles. The van der Waals surface area contributed by atoms with Crippen LogP contribution in [0.4, 0.5) is 0 Å². The van der Waals surface area contributed by atoms with Crippen molar-refractivity contribution in [2.45, 2.75) is 63.3 Å². The second-order valence-electron chi connectivity index (χ2n) is 5.68. The lowest BCUT2D eigenvalue weighted by atomic mass is 10.0. The van der Waals surface area contributed by atoms with Gasteiger partial charge in [0.05, 0.1) is 6.10 Å². The Kier molecular flexibility index (Phi) is 3.18. The van der Waals surface area contributed by atoms with Crippen molar-refractivity contribution in [3.63, 3.8) is 0 Å². The van der Waals surface area contributed by atoms with Crippen LogP contribution >= 0.6 is 0 Å². The van der Waals surface area contributed by atoms with E-state index in [2.05, 4.69) is 17.1 Å². The summed E-state index contributed by atoms with van der Waals surface area (Å²) in [6.07, 6.45) is 7.18. The van der Waals surface area contributed by atoms with E-state index in [1.807, 2.05) is 0 Å². The van der Waals surface area contributed by atoms with E-state index >= 15 is 0 Å². The van der Waals surface area contributed by atoms with Crippen LogP contribution in [0.15, 0.2) is 0 Å². The molecule has 2 atom stereocenters. The van der Waals surface area contributed by atoms with Gasteiger partial charge in [0.15, 0.2) is 0 Å². The molecule has 1 saturated carbocycles. The maximum atomic E-state index is 5.60. The molecule has 2 saturated heterocycles. The SMILES string of the molecule is CC1OCCC1NC1CCN(C2CC2)CC1. The number of hydrogen-bond acceptors (Lipinski definition) is 3. The first-order chi connectivity index (χ1) is 7.83. The summed E-state index contributed by atoms with van der Waals surface area (Å²) < 4.78 is 5.60. The monoisotopic (exact) mass is 224 g/mol. The van der Waals surface area contributed by atoms with E-state index in [1.54, 1.807) is 0 Å². The van der Waals surface area contributed by atoms with Crippen LogP contribution in [0.2, 0.25) is 0 Å². The quantitative estimate of drug-likeness (QED) is 0.784. The van der Waals surface area contributed by atoms with Crippen molar-refractivity contribution in [2.75, 3.05) is 19.7 Å². The zero-order valence-electron chi connectivity index (χ0n) is 10.3. The molecule has 3 rings (SSSR count). The van der Waals surface area contributed by atoms with E-state index in [-0.39, 0.29) is 0 Å². The maximum absolute atomic E-state index is 5.60. The molecule has 3 aliphatic rings. The first kappa shape index (κ1) is 11.0. The Hall–Kier alpha value is -0.120. The minimum absolute atomic E-state index is 0.418. The normalized spacial score (nSPS) is 38.1. The van der Waals surface area contributed by atoms with Gasteiger partial charge in [0.2, 0.25) is 0 Å². The largest absolute Gasteiger partial charge is 0.377 e. The van der Waals surface area contributed by atoms with E-state index in [0.717, 1.165) is 18.7 Å². The summed E-state index contributed by atoms with van der Waals surface area (Å²) >= 11 is 0. The zero-order valence-corrected chi connectivity index (χ0v) is 10.3. The third-order valence-corrected chi connectivity index (χ3v) is 4.42. The number of likely N-dealkylation sites (tertiary alicyclic amines) is 1. The fourth-order valence-corrected chi connectivity index (χ4v) is 3.12. The van der Waals surface area contributed by atoms with Gasteiger partial charge in [-0.15, -0.1) is 0 Å². The van der Waals surface area contributed by atoms with Gasteiger partial charge in [0, 0.05) is 24.7 Å². The molecule has 0 spiro atoms. The molecule has 0 aromatic carbocycles. The molecule has 0 amide bonds. The van der Waals surface area contributed by atoms with Crippen LogP contribution in [-0.4, -0.2) is 48.8 Å². The van der Waals surface area contributed by atoms with Crippen molar-refractivity contribution in [2.24, 2.45) is 0 Å². The minimum Gasteiger partial charge on any atom is -0.377 e. The van der Waals surface area contributed by atoms with Gasteiger partial charge in [-0.25, -0.2) is 0 Å². The molecule has 16 heavy (non-hydrogen) atoms. The van der Waals surface area contributed by atoms with Crippen molar-refractivity contribution < 1.29 is 4.74 Å². The van der Waals surface area contributed by atoms with Gasteiger partial charge in [-0.05, 0) is 52.1 Å². The second-order valence-corrected chi connectivity index (χ2v) is 5.68. The molecule has 0 radical (unpaired) electrons. The minimum atomic E-state index is 0.418. The molecular weight excluding hydrogens is 200 g/mol. The van der Waals surface area contributed by atoms with E-state index in [4.69, 9.17) is 4.74 Å². The number of hydrogen-bond donors (Lipinski definition) is 1. The first-order valence-electron chi connectivity index (χ1n) is 6.94. The summed E-state index contributed by atoms with van der Waals surface area (Å²) in [7, 11) is 0. The predicted molar refractivity (Wildman–Crippen MR) is 64.6 cm³/mol. The summed E-state index contributed by atoms with van der Waals surface area (Å²) in [5, 5.41) is 3.80. The lowest BCUT2D eigenvalue weighted by molar-refractivity contribution is 0.105. The molecule has 1 aliphatic carbocycles. The lowest BCUT2D eigenvalue weighted by Gasteiger charge is -2.34. The Balaban J connectivity index is 1.43. The van der Waals surface area contributed by atoms with E-state index in [9.17, 15) is 0 Å². The molecule has 0 aromatic heterocycles. The molecule has 0 aromatic rings. The number of nitrogens with zero attached hydrogens (tertiary/aromatic N) is 1. The molecule has 3 heteroatoms. The van der Waals surface area contributed by atoms with Crippen molar-refractivity contribution in [1.29, 1.82) is 0 Å². The predicted octanol–water partition coefficient (Wildman–Crippen LogP) is 1.38. The number of rotatable bonds is 3. The summed E-state index contributed by atoms with van der Waals surface area (Å²) in [5.74, 6) is 0. The average Bonchev–Trinajstić information content (AvgIpc) is 3.07. The summed E-state index contributed by atoms with van der Waals surface area (Å²) in [6.45, 7) is 5.76. The van der Waals surface area contributed by atoms with Crippen LogP contribution in [0.5, 0.6) is 0 Å². The number of ether oxygens (including phenoxy) is 1. The van der Waals surface area contributed by atoms with Gasteiger partial charge in [-0.1, -0.05) is 0 Å². The van der Waals surface area contributed by atoms with Crippen LogP contribution < -0.4 is 5.32 Å². The topological polar surface area (TPSA) is 24.5 Å². The third kappa shape index (κ3) is 2.41.